The number of amides is 1. The smallest absolute Gasteiger partial charge is 0.270 e. The van der Waals surface area contributed by atoms with Gasteiger partial charge in [-0.3, -0.25) is 14.9 Å². The molecular weight excluding hydrogens is 352 g/mol. The first-order chi connectivity index (χ1) is 11.7. The molecule has 2 rings (SSSR count). The summed E-state index contributed by atoms with van der Waals surface area (Å²) < 4.78 is 25.7. The highest BCUT2D eigenvalue weighted by Gasteiger charge is 2.27. The van der Waals surface area contributed by atoms with E-state index >= 15 is 0 Å². The molecule has 138 valence electrons. The second-order valence-corrected chi connectivity index (χ2v) is 7.85. The van der Waals surface area contributed by atoms with E-state index in [-0.39, 0.29) is 23.0 Å². The van der Waals surface area contributed by atoms with E-state index in [2.05, 4.69) is 10.6 Å². The Morgan fingerprint density at radius 1 is 1.48 bits per heavy atom. The summed E-state index contributed by atoms with van der Waals surface area (Å²) in [6, 6.07) is 4.64. The summed E-state index contributed by atoms with van der Waals surface area (Å²) in [5, 5.41) is 26.0. The molecule has 25 heavy (non-hydrogen) atoms. The van der Waals surface area contributed by atoms with Crippen LogP contribution in [0.1, 0.15) is 0 Å². The molecule has 0 saturated carbocycles. The number of benzene rings is 1. The predicted octanol–water partition coefficient (Wildman–Crippen LogP) is -1.09. The van der Waals surface area contributed by atoms with Crippen molar-refractivity contribution in [3.8, 4) is 0 Å². The summed E-state index contributed by atoms with van der Waals surface area (Å²) in [6.45, 7) is 0.837. The van der Waals surface area contributed by atoms with Gasteiger partial charge in [0, 0.05) is 44.7 Å². The number of non-ortho nitro benzene ring substituents is 1. The van der Waals surface area contributed by atoms with Crippen LogP contribution in [0.2, 0.25) is 0 Å². The van der Waals surface area contributed by atoms with Gasteiger partial charge in [-0.25, -0.2) is 8.42 Å². The monoisotopic (exact) mass is 372 g/mol. The molecular formula is C14H20N4O6S. The zero-order chi connectivity index (χ0) is 18.6. The number of hydrogen-bond donors (Lipinski definition) is 3. The van der Waals surface area contributed by atoms with Crippen molar-refractivity contribution >= 4 is 21.6 Å². The lowest BCUT2D eigenvalue weighted by Crippen LogP contribution is -2.41. The number of aliphatic hydroxyl groups is 1. The van der Waals surface area contributed by atoms with Gasteiger partial charge in [-0.15, -0.1) is 0 Å². The number of β-amino-alcohol motifs (C(OH)–C–C–N with tert-alkyl or cyclic N) is 1. The van der Waals surface area contributed by atoms with Crippen molar-refractivity contribution in [2.75, 3.05) is 33.2 Å². The molecule has 0 bridgehead atoms. The highest BCUT2D eigenvalue weighted by atomic mass is 32.2. The Bertz CT molecular complexity index is 753. The summed E-state index contributed by atoms with van der Waals surface area (Å²) in [7, 11) is -2.81. The summed E-state index contributed by atoms with van der Waals surface area (Å²) in [6.07, 6.45) is -0.549. The van der Waals surface area contributed by atoms with E-state index in [1.54, 1.807) is 0 Å². The van der Waals surface area contributed by atoms with Crippen molar-refractivity contribution in [2.45, 2.75) is 11.0 Å². The molecule has 2 atom stereocenters. The highest BCUT2D eigenvalue weighted by Crippen LogP contribution is 2.20. The standard InChI is InChI=1S/C14H20N4O6S/c1-17(9-14(20)16-7-10-6-15-8-13(10)19)25(23,24)12-4-2-3-11(5-12)18(21)22/h2-5,10,13,15,19H,6-9H2,1H3,(H,16,20). The van der Waals surface area contributed by atoms with Gasteiger partial charge < -0.3 is 15.7 Å². The van der Waals surface area contributed by atoms with E-state index in [0.29, 0.717) is 13.1 Å². The number of carbonyl (C=O) groups excluding carboxylic acids is 1. The molecule has 1 amide bonds. The molecule has 1 heterocycles. The summed E-state index contributed by atoms with van der Waals surface area (Å²) in [5.41, 5.74) is -0.346. The van der Waals surface area contributed by atoms with Crippen LogP contribution in [0.5, 0.6) is 0 Å². The van der Waals surface area contributed by atoms with Crippen molar-refractivity contribution in [3.05, 3.63) is 34.4 Å². The Labute approximate surface area is 145 Å². The quantitative estimate of drug-likeness (QED) is 0.408. The van der Waals surface area contributed by atoms with Crippen LogP contribution in [0.25, 0.3) is 0 Å². The van der Waals surface area contributed by atoms with Crippen molar-refractivity contribution in [1.82, 2.24) is 14.9 Å². The average molecular weight is 372 g/mol. The lowest BCUT2D eigenvalue weighted by molar-refractivity contribution is -0.385. The van der Waals surface area contributed by atoms with Crippen LogP contribution < -0.4 is 10.6 Å². The Balaban J connectivity index is 1.98. The van der Waals surface area contributed by atoms with Crippen molar-refractivity contribution in [1.29, 1.82) is 0 Å². The first kappa shape index (κ1) is 19.2. The molecule has 3 N–H and O–H groups in total. The molecule has 2 unspecified atom stereocenters. The molecule has 1 fully saturated rings. The number of likely N-dealkylation sites (N-methyl/N-ethyl adjacent to an activating group) is 1. The Morgan fingerprint density at radius 3 is 2.80 bits per heavy atom. The van der Waals surface area contributed by atoms with Crippen molar-refractivity contribution in [2.24, 2.45) is 5.92 Å². The third-order valence-electron chi connectivity index (χ3n) is 3.97. The molecule has 1 aromatic carbocycles. The average Bonchev–Trinajstić information content (AvgIpc) is 2.98. The van der Waals surface area contributed by atoms with E-state index in [4.69, 9.17) is 0 Å². The Kier molecular flexibility index (Phi) is 6.06. The molecule has 0 aliphatic carbocycles. The number of nitrogens with zero attached hydrogens (tertiary/aromatic N) is 2. The van der Waals surface area contributed by atoms with Gasteiger partial charge in [0.2, 0.25) is 15.9 Å². The normalized spacial score (nSPS) is 20.6. The number of nitro benzene ring substituents is 1. The largest absolute Gasteiger partial charge is 0.391 e. The number of carbonyl (C=O) groups is 1. The van der Waals surface area contributed by atoms with Gasteiger partial charge in [0.25, 0.3) is 5.69 Å². The van der Waals surface area contributed by atoms with Gasteiger partial charge in [0.1, 0.15) is 0 Å². The van der Waals surface area contributed by atoms with E-state index in [1.807, 2.05) is 0 Å². The third-order valence-corrected chi connectivity index (χ3v) is 5.77. The summed E-state index contributed by atoms with van der Waals surface area (Å²) in [5.74, 6) is -0.641. The van der Waals surface area contributed by atoms with Crippen LogP contribution in [0.4, 0.5) is 5.69 Å². The number of hydrogen-bond acceptors (Lipinski definition) is 7. The number of nitro groups is 1. The number of aliphatic hydroxyl groups excluding tert-OH is 1. The van der Waals surface area contributed by atoms with Crippen LogP contribution in [0.15, 0.2) is 29.2 Å². The van der Waals surface area contributed by atoms with Gasteiger partial charge in [0.15, 0.2) is 0 Å². The zero-order valence-electron chi connectivity index (χ0n) is 13.6. The minimum absolute atomic E-state index is 0.123. The number of sulfonamides is 1. The molecule has 0 spiro atoms. The summed E-state index contributed by atoms with van der Waals surface area (Å²) >= 11 is 0. The minimum Gasteiger partial charge on any atom is -0.391 e. The fourth-order valence-corrected chi connectivity index (χ4v) is 3.62. The molecule has 1 aliphatic rings. The maximum absolute atomic E-state index is 12.4. The van der Waals surface area contributed by atoms with Crippen molar-refractivity contribution in [3.63, 3.8) is 0 Å². The van der Waals surface area contributed by atoms with E-state index in [0.717, 1.165) is 10.4 Å². The molecule has 11 heteroatoms. The Hall–Kier alpha value is -2.08. The van der Waals surface area contributed by atoms with Gasteiger partial charge in [0.05, 0.1) is 22.5 Å². The van der Waals surface area contributed by atoms with E-state index in [1.165, 1.54) is 25.2 Å². The van der Waals surface area contributed by atoms with Crippen LogP contribution in [0.3, 0.4) is 0 Å². The first-order valence-corrected chi connectivity index (χ1v) is 9.02. The molecule has 0 radical (unpaired) electrons. The lowest BCUT2D eigenvalue weighted by atomic mass is 10.1. The second kappa shape index (κ2) is 7.87. The van der Waals surface area contributed by atoms with Crippen molar-refractivity contribution < 1.29 is 23.2 Å². The van der Waals surface area contributed by atoms with Crippen LogP contribution >= 0.6 is 0 Å². The van der Waals surface area contributed by atoms with E-state index < -0.39 is 33.5 Å². The molecule has 1 saturated heterocycles. The maximum Gasteiger partial charge on any atom is 0.270 e. The van der Waals surface area contributed by atoms with Crippen LogP contribution in [-0.4, -0.2) is 68.0 Å². The fraction of sp³-hybridized carbons (Fsp3) is 0.500. The third kappa shape index (κ3) is 4.72. The molecule has 1 aliphatic heterocycles. The van der Waals surface area contributed by atoms with E-state index in [9.17, 15) is 28.4 Å². The van der Waals surface area contributed by atoms with Gasteiger partial charge in [-0.05, 0) is 6.07 Å². The predicted molar refractivity (Wildman–Crippen MR) is 88.3 cm³/mol. The number of nitrogens with one attached hydrogen (secondary N) is 2. The summed E-state index contributed by atoms with van der Waals surface area (Å²) in [4.78, 5) is 21.8. The minimum atomic E-state index is -4.03. The Morgan fingerprint density at radius 2 is 2.20 bits per heavy atom. The number of rotatable bonds is 7. The SMILES string of the molecule is CN(CC(=O)NCC1CNCC1O)S(=O)(=O)c1cccc([N+](=O)[O-])c1. The molecule has 0 aromatic heterocycles. The highest BCUT2D eigenvalue weighted by molar-refractivity contribution is 7.89. The first-order valence-electron chi connectivity index (χ1n) is 7.58. The van der Waals surface area contributed by atoms with Crippen LogP contribution in [0, 0.1) is 16.0 Å². The maximum atomic E-state index is 12.4. The van der Waals surface area contributed by atoms with Gasteiger partial charge in [-0.2, -0.15) is 4.31 Å². The second-order valence-electron chi connectivity index (χ2n) is 5.81. The molecule has 10 nitrogen and oxygen atoms in total. The lowest BCUT2D eigenvalue weighted by Gasteiger charge is -2.18. The van der Waals surface area contributed by atoms with Crippen LogP contribution in [-0.2, 0) is 14.8 Å². The van der Waals surface area contributed by atoms with Gasteiger partial charge in [-0.1, -0.05) is 6.07 Å². The van der Waals surface area contributed by atoms with Gasteiger partial charge >= 0.3 is 0 Å². The fourth-order valence-electron chi connectivity index (χ4n) is 2.45. The topological polar surface area (TPSA) is 142 Å². The molecule has 1 aromatic rings. The zero-order valence-corrected chi connectivity index (χ0v) is 14.4.